The summed E-state index contributed by atoms with van der Waals surface area (Å²) in [4.78, 5) is 13.0. The van der Waals surface area contributed by atoms with Gasteiger partial charge in [-0.15, -0.1) is 0 Å². The van der Waals surface area contributed by atoms with Crippen LogP contribution in [0.5, 0.6) is 5.75 Å². The van der Waals surface area contributed by atoms with Gasteiger partial charge in [0.25, 0.3) is 0 Å². The summed E-state index contributed by atoms with van der Waals surface area (Å²) >= 11 is 0. The van der Waals surface area contributed by atoms with E-state index >= 15 is 0 Å². The van der Waals surface area contributed by atoms with Crippen molar-refractivity contribution in [3.63, 3.8) is 0 Å². The van der Waals surface area contributed by atoms with Gasteiger partial charge in [0.05, 0.1) is 12.0 Å². The topological polar surface area (TPSA) is 35.5 Å². The number of benzene rings is 3. The lowest BCUT2D eigenvalue weighted by atomic mass is 9.95. The zero-order chi connectivity index (χ0) is 20.1. The van der Waals surface area contributed by atoms with E-state index in [0.29, 0.717) is 17.7 Å². The van der Waals surface area contributed by atoms with Gasteiger partial charge in [-0.1, -0.05) is 86.1 Å². The second kappa shape index (κ2) is 8.76. The first-order valence-corrected chi connectivity index (χ1v) is 11.9. The second-order valence-electron chi connectivity index (χ2n) is 7.53. The second-order valence-corrected chi connectivity index (χ2v) is 9.86. The van der Waals surface area contributed by atoms with E-state index < -0.39 is 14.8 Å². The number of para-hydroxylation sites is 1. The molecule has 1 heterocycles. The van der Waals surface area contributed by atoms with Crippen molar-refractivity contribution in [3.05, 3.63) is 90.5 Å². The average molecular weight is 403 g/mol. The van der Waals surface area contributed by atoms with E-state index in [2.05, 4.69) is 31.2 Å². The highest BCUT2D eigenvalue weighted by atomic mass is 28.3. The maximum atomic E-state index is 13.0. The molecule has 0 radical (unpaired) electrons. The highest BCUT2D eigenvalue weighted by Crippen LogP contribution is 2.37. The van der Waals surface area contributed by atoms with Crippen molar-refractivity contribution in [2.75, 3.05) is 0 Å². The molecule has 0 saturated heterocycles. The van der Waals surface area contributed by atoms with E-state index in [-0.39, 0.29) is 12.2 Å². The monoisotopic (exact) mass is 402 g/mol. The predicted molar refractivity (Wildman–Crippen MR) is 119 cm³/mol. The van der Waals surface area contributed by atoms with Crippen LogP contribution in [0.4, 0.5) is 0 Å². The van der Waals surface area contributed by atoms with Gasteiger partial charge in [0.1, 0.15) is 5.75 Å². The number of Topliss-reactive ketones (excluding diaryl/α,β-unsaturated/α-hetero) is 1. The van der Waals surface area contributed by atoms with Gasteiger partial charge >= 0.3 is 0 Å². The van der Waals surface area contributed by atoms with E-state index in [0.717, 1.165) is 12.8 Å². The molecule has 148 valence electrons. The van der Waals surface area contributed by atoms with Crippen LogP contribution in [0.25, 0.3) is 0 Å². The molecule has 1 unspecified atom stereocenters. The van der Waals surface area contributed by atoms with Gasteiger partial charge in [-0.25, -0.2) is 0 Å². The number of hydrogen-bond acceptors (Lipinski definition) is 3. The van der Waals surface area contributed by atoms with Crippen molar-refractivity contribution in [3.8, 4) is 5.75 Å². The van der Waals surface area contributed by atoms with Crippen molar-refractivity contribution < 1.29 is 14.0 Å². The Morgan fingerprint density at radius 3 is 2.10 bits per heavy atom. The van der Waals surface area contributed by atoms with Crippen molar-refractivity contribution >= 4 is 25.2 Å². The van der Waals surface area contributed by atoms with Crippen molar-refractivity contribution in [2.24, 2.45) is 0 Å². The number of hydrogen-bond donors (Lipinski definition) is 0. The first-order chi connectivity index (χ1) is 14.2. The number of fused-ring (bicyclic) bond motifs is 1. The summed E-state index contributed by atoms with van der Waals surface area (Å²) in [6.07, 6.45) is 2.92. The zero-order valence-electron chi connectivity index (χ0n) is 16.7. The van der Waals surface area contributed by atoms with Gasteiger partial charge in [-0.2, -0.15) is 0 Å². The molecule has 0 N–H and O–H groups in total. The van der Waals surface area contributed by atoms with Crippen LogP contribution in [-0.4, -0.2) is 20.6 Å². The Morgan fingerprint density at radius 1 is 0.897 bits per heavy atom. The minimum Gasteiger partial charge on any atom is -0.462 e. The van der Waals surface area contributed by atoms with Crippen molar-refractivity contribution in [2.45, 2.75) is 38.4 Å². The number of unbranched alkanes of at least 4 members (excludes halogenated alkanes) is 1. The Hall–Kier alpha value is -2.69. The first kappa shape index (κ1) is 19.6. The van der Waals surface area contributed by atoms with Crippen LogP contribution < -0.4 is 15.1 Å². The van der Waals surface area contributed by atoms with Gasteiger partial charge in [0, 0.05) is 6.42 Å². The van der Waals surface area contributed by atoms with Gasteiger partial charge in [0.2, 0.25) is 14.8 Å². The van der Waals surface area contributed by atoms with Crippen molar-refractivity contribution in [1.29, 1.82) is 0 Å². The molecule has 0 amide bonds. The summed E-state index contributed by atoms with van der Waals surface area (Å²) in [5.74, 6) is -0.185. The zero-order valence-corrected chi connectivity index (χ0v) is 17.9. The molecule has 1 atom stereocenters. The van der Waals surface area contributed by atoms with Crippen LogP contribution >= 0.6 is 0 Å². The lowest BCUT2D eigenvalue weighted by molar-refractivity contribution is -0.124. The number of carbonyl (C=O) groups is 1. The van der Waals surface area contributed by atoms with Crippen LogP contribution in [0.15, 0.2) is 84.9 Å². The highest BCUT2D eigenvalue weighted by molar-refractivity contribution is 6.80. The van der Waals surface area contributed by atoms with Crippen LogP contribution in [0, 0.1) is 0 Å². The third-order valence-corrected chi connectivity index (χ3v) is 8.01. The lowest BCUT2D eigenvalue weighted by Gasteiger charge is -2.40. The van der Waals surface area contributed by atoms with E-state index in [9.17, 15) is 4.79 Å². The third-order valence-electron chi connectivity index (χ3n) is 5.36. The van der Waals surface area contributed by atoms with Gasteiger partial charge in [-0.3, -0.25) is 4.79 Å². The molecule has 0 fully saturated rings. The molecular weight excluding hydrogens is 376 g/mol. The molecule has 0 aliphatic carbocycles. The van der Waals surface area contributed by atoms with E-state index in [4.69, 9.17) is 9.16 Å². The molecule has 0 bridgehead atoms. The smallest absolute Gasteiger partial charge is 0.245 e. The molecule has 4 heteroatoms. The molecular formula is C25H26O3Si. The lowest BCUT2D eigenvalue weighted by Crippen LogP contribution is -2.55. The molecule has 3 aromatic carbocycles. The van der Waals surface area contributed by atoms with Crippen LogP contribution in [-0.2, 0) is 4.43 Å². The Morgan fingerprint density at radius 2 is 1.48 bits per heavy atom. The summed E-state index contributed by atoms with van der Waals surface area (Å²) in [7, 11) is -2.05. The molecule has 1 aliphatic heterocycles. The largest absolute Gasteiger partial charge is 0.462 e. The number of rotatable bonds is 7. The summed E-state index contributed by atoms with van der Waals surface area (Å²) in [5.41, 5.74) is 0.654. The minimum absolute atomic E-state index is 0.0943. The molecule has 0 aromatic heterocycles. The quantitative estimate of drug-likeness (QED) is 0.559. The van der Waals surface area contributed by atoms with Crippen LogP contribution in [0.3, 0.4) is 0 Å². The Bertz CT molecular complexity index is 919. The Labute approximate surface area is 174 Å². The number of ether oxygens (including phenoxy) is 1. The first-order valence-electron chi connectivity index (χ1n) is 10.3. The van der Waals surface area contributed by atoms with Gasteiger partial charge < -0.3 is 9.16 Å². The predicted octanol–water partition coefficient (Wildman–Crippen LogP) is 4.09. The molecule has 3 nitrogen and oxygen atoms in total. The van der Waals surface area contributed by atoms with Gasteiger partial charge in [0.15, 0.2) is 5.78 Å². The Balaban J connectivity index is 1.74. The molecule has 29 heavy (non-hydrogen) atoms. The number of carbonyl (C=O) groups excluding carboxylic acids is 1. The maximum Gasteiger partial charge on any atom is 0.245 e. The summed E-state index contributed by atoms with van der Waals surface area (Å²) in [5, 5.41) is 2.37. The molecule has 0 spiro atoms. The van der Waals surface area contributed by atoms with E-state index in [1.807, 2.05) is 60.7 Å². The minimum atomic E-state index is -2.05. The molecule has 1 aliphatic rings. The average Bonchev–Trinajstić information content (AvgIpc) is 2.77. The summed E-state index contributed by atoms with van der Waals surface area (Å²) in [6.45, 7) is 2.15. The van der Waals surface area contributed by atoms with E-state index in [1.165, 1.54) is 10.4 Å². The fourth-order valence-electron chi connectivity index (χ4n) is 3.87. The van der Waals surface area contributed by atoms with E-state index in [1.54, 1.807) is 0 Å². The summed E-state index contributed by atoms with van der Waals surface area (Å²) in [6, 6.07) is 28.2. The van der Waals surface area contributed by atoms with Crippen LogP contribution in [0.2, 0.25) is 0 Å². The molecule has 0 saturated carbocycles. The Kier molecular flexibility index (Phi) is 5.93. The normalized spacial score (nSPS) is 18.3. The fourth-order valence-corrected chi connectivity index (χ4v) is 6.35. The van der Waals surface area contributed by atoms with Crippen molar-refractivity contribution in [1.82, 2.24) is 0 Å². The fraction of sp³-hybridized carbons (Fsp3) is 0.240. The van der Waals surface area contributed by atoms with Gasteiger partial charge in [-0.05, 0) is 28.9 Å². The summed E-state index contributed by atoms with van der Waals surface area (Å²) < 4.78 is 13.3. The molecule has 3 aromatic rings. The highest BCUT2D eigenvalue weighted by Gasteiger charge is 2.43. The third kappa shape index (κ3) is 4.34. The van der Waals surface area contributed by atoms with Crippen LogP contribution in [0.1, 0.15) is 43.0 Å². The maximum absolute atomic E-state index is 13.0. The SMILES string of the molecule is CCCCC1(O[SiH](c2ccccc2)c2ccccc2)CC(=O)c2ccccc2O1. The number of ketones is 1. The molecule has 4 rings (SSSR count). The standard InChI is InChI=1S/C25H26O3Si/c1-2-3-18-25(19-23(26)22-16-10-11-17-24(22)27-25)28-29(20-12-6-4-7-13-20)21-14-8-5-9-15-21/h4-17,29H,2-3,18-19H2,1H3.